The monoisotopic (exact) mass is 239 g/mol. The number of likely N-dealkylation sites (tertiary alicyclic amines) is 2. The van der Waals surface area contributed by atoms with Gasteiger partial charge in [0.25, 0.3) is 0 Å². The largest absolute Gasteiger partial charge is 0.314 e. The number of hydrogen-bond acceptors (Lipinski definition) is 3. The summed E-state index contributed by atoms with van der Waals surface area (Å²) in [5, 5.41) is 3.67. The number of nitrogens with zero attached hydrogens (tertiary/aromatic N) is 2. The zero-order valence-corrected chi connectivity index (χ0v) is 11.8. The predicted molar refractivity (Wildman–Crippen MR) is 73.4 cm³/mol. The Hall–Kier alpha value is -0.120. The molecule has 0 saturated carbocycles. The first-order valence-electron chi connectivity index (χ1n) is 7.37. The first kappa shape index (κ1) is 13.3. The molecule has 0 unspecified atom stereocenters. The Morgan fingerprint density at radius 2 is 1.82 bits per heavy atom. The predicted octanol–water partition coefficient (Wildman–Crippen LogP) is 1.54. The molecule has 0 radical (unpaired) electrons. The molecule has 0 aromatic carbocycles. The van der Waals surface area contributed by atoms with Gasteiger partial charge in [-0.2, -0.15) is 0 Å². The molecule has 0 aliphatic carbocycles. The summed E-state index contributed by atoms with van der Waals surface area (Å²) < 4.78 is 0. The molecule has 2 aliphatic heterocycles. The summed E-state index contributed by atoms with van der Waals surface area (Å²) in [5.41, 5.74) is 0.518. The molecule has 0 aromatic rings. The van der Waals surface area contributed by atoms with Gasteiger partial charge < -0.3 is 10.2 Å². The Bertz CT molecular complexity index is 228. The fourth-order valence-corrected chi connectivity index (χ4v) is 3.51. The minimum atomic E-state index is 0.518. The summed E-state index contributed by atoms with van der Waals surface area (Å²) in [6, 6.07) is 0.776. The number of likely N-dealkylation sites (N-methyl/N-ethyl adjacent to an activating group) is 1. The molecule has 1 N–H and O–H groups in total. The van der Waals surface area contributed by atoms with Gasteiger partial charge in [0.05, 0.1) is 0 Å². The molecule has 0 spiro atoms. The van der Waals surface area contributed by atoms with E-state index in [9.17, 15) is 0 Å². The number of rotatable bonds is 5. The lowest BCUT2D eigenvalue weighted by Gasteiger charge is -2.56. The van der Waals surface area contributed by atoms with Crippen molar-refractivity contribution in [2.45, 2.75) is 51.1 Å². The lowest BCUT2D eigenvalue weighted by Crippen LogP contribution is -2.70. The van der Waals surface area contributed by atoms with Crippen molar-refractivity contribution in [3.05, 3.63) is 0 Å². The quantitative estimate of drug-likeness (QED) is 0.785. The van der Waals surface area contributed by atoms with Crippen LogP contribution in [0.1, 0.15) is 39.5 Å². The van der Waals surface area contributed by atoms with Gasteiger partial charge in [-0.3, -0.25) is 4.90 Å². The van der Waals surface area contributed by atoms with E-state index < -0.39 is 0 Å². The molecule has 0 aromatic heterocycles. The zero-order chi connectivity index (χ0) is 12.3. The highest BCUT2D eigenvalue weighted by atomic mass is 15.3. The summed E-state index contributed by atoms with van der Waals surface area (Å²) in [4.78, 5) is 5.21. The van der Waals surface area contributed by atoms with Crippen molar-refractivity contribution in [2.24, 2.45) is 0 Å². The molecule has 2 aliphatic rings. The Labute approximate surface area is 107 Å². The van der Waals surface area contributed by atoms with E-state index in [1.54, 1.807) is 0 Å². The van der Waals surface area contributed by atoms with E-state index >= 15 is 0 Å². The molecular formula is C14H29N3. The molecule has 3 heteroatoms. The summed E-state index contributed by atoms with van der Waals surface area (Å²) in [5.74, 6) is 0. The Morgan fingerprint density at radius 1 is 1.18 bits per heavy atom. The van der Waals surface area contributed by atoms with Crippen molar-refractivity contribution in [3.8, 4) is 0 Å². The topological polar surface area (TPSA) is 18.5 Å². The van der Waals surface area contributed by atoms with Crippen LogP contribution in [-0.2, 0) is 0 Å². The van der Waals surface area contributed by atoms with Crippen LogP contribution in [0.15, 0.2) is 0 Å². The lowest BCUT2D eigenvalue weighted by molar-refractivity contribution is -0.0567. The van der Waals surface area contributed by atoms with E-state index in [1.165, 1.54) is 58.4 Å². The maximum atomic E-state index is 3.67. The maximum absolute atomic E-state index is 3.67. The van der Waals surface area contributed by atoms with Crippen LogP contribution >= 0.6 is 0 Å². The van der Waals surface area contributed by atoms with Crippen molar-refractivity contribution in [1.82, 2.24) is 15.1 Å². The van der Waals surface area contributed by atoms with Crippen LogP contribution in [0.3, 0.4) is 0 Å². The number of nitrogens with one attached hydrogen (secondary N) is 1. The van der Waals surface area contributed by atoms with E-state index in [2.05, 4.69) is 36.0 Å². The fraction of sp³-hybridized carbons (Fsp3) is 1.00. The second-order valence-electron chi connectivity index (χ2n) is 5.97. The standard InChI is InChI=1S/C14H29N3/c1-4-8-15-13-6-9-17(10-7-13)14(5-2)11-16(3)12-14/h13,15H,4-12H2,1-3H3. The van der Waals surface area contributed by atoms with Gasteiger partial charge in [-0.15, -0.1) is 0 Å². The highest BCUT2D eigenvalue weighted by molar-refractivity contribution is 5.03. The minimum absolute atomic E-state index is 0.518. The van der Waals surface area contributed by atoms with Crippen LogP contribution in [0.2, 0.25) is 0 Å². The third kappa shape index (κ3) is 2.83. The van der Waals surface area contributed by atoms with Crippen LogP contribution in [0.4, 0.5) is 0 Å². The van der Waals surface area contributed by atoms with Crippen molar-refractivity contribution in [3.63, 3.8) is 0 Å². The van der Waals surface area contributed by atoms with Gasteiger partial charge in [-0.05, 0) is 39.3 Å². The summed E-state index contributed by atoms with van der Waals surface area (Å²) in [6.45, 7) is 10.9. The van der Waals surface area contributed by atoms with E-state index in [1.807, 2.05) is 0 Å². The zero-order valence-electron chi connectivity index (χ0n) is 11.8. The van der Waals surface area contributed by atoms with Crippen molar-refractivity contribution in [1.29, 1.82) is 0 Å². The molecule has 2 fully saturated rings. The van der Waals surface area contributed by atoms with Gasteiger partial charge in [-0.25, -0.2) is 0 Å². The van der Waals surface area contributed by atoms with E-state index in [-0.39, 0.29) is 0 Å². The summed E-state index contributed by atoms with van der Waals surface area (Å²) in [6.07, 6.45) is 5.24. The Balaban J connectivity index is 1.78. The Morgan fingerprint density at radius 3 is 2.29 bits per heavy atom. The average molecular weight is 239 g/mol. The van der Waals surface area contributed by atoms with Gasteiger partial charge >= 0.3 is 0 Å². The molecule has 0 amide bonds. The normalized spacial score (nSPS) is 27.0. The van der Waals surface area contributed by atoms with Crippen molar-refractivity contribution in [2.75, 3.05) is 39.8 Å². The van der Waals surface area contributed by atoms with Crippen LogP contribution in [-0.4, -0.2) is 61.2 Å². The van der Waals surface area contributed by atoms with Crippen LogP contribution in [0.5, 0.6) is 0 Å². The molecule has 2 heterocycles. The Kier molecular flexibility index (Phi) is 4.45. The SMILES string of the molecule is CCCNC1CCN(C2(CC)CN(C)C2)CC1. The van der Waals surface area contributed by atoms with Gasteiger partial charge in [0.2, 0.25) is 0 Å². The molecule has 0 atom stereocenters. The van der Waals surface area contributed by atoms with E-state index in [0.29, 0.717) is 5.54 Å². The smallest absolute Gasteiger partial charge is 0.0460 e. The third-order valence-electron chi connectivity index (χ3n) is 4.64. The van der Waals surface area contributed by atoms with Gasteiger partial charge in [0.15, 0.2) is 0 Å². The highest BCUT2D eigenvalue weighted by Crippen LogP contribution is 2.32. The molecule has 2 saturated heterocycles. The van der Waals surface area contributed by atoms with E-state index in [4.69, 9.17) is 0 Å². The second-order valence-corrected chi connectivity index (χ2v) is 5.97. The first-order valence-corrected chi connectivity index (χ1v) is 7.37. The molecule has 0 bridgehead atoms. The van der Waals surface area contributed by atoms with Gasteiger partial charge in [0, 0.05) is 37.8 Å². The molecular weight excluding hydrogens is 210 g/mol. The van der Waals surface area contributed by atoms with Crippen LogP contribution in [0, 0.1) is 0 Å². The summed E-state index contributed by atoms with van der Waals surface area (Å²) in [7, 11) is 2.24. The number of hydrogen-bond donors (Lipinski definition) is 1. The molecule has 100 valence electrons. The molecule has 2 rings (SSSR count). The van der Waals surface area contributed by atoms with Crippen molar-refractivity contribution >= 4 is 0 Å². The van der Waals surface area contributed by atoms with Crippen LogP contribution in [0.25, 0.3) is 0 Å². The third-order valence-corrected chi connectivity index (χ3v) is 4.64. The maximum Gasteiger partial charge on any atom is 0.0460 e. The lowest BCUT2D eigenvalue weighted by atomic mass is 9.83. The second kappa shape index (κ2) is 5.68. The summed E-state index contributed by atoms with van der Waals surface area (Å²) >= 11 is 0. The fourth-order valence-electron chi connectivity index (χ4n) is 3.51. The minimum Gasteiger partial charge on any atom is -0.314 e. The molecule has 17 heavy (non-hydrogen) atoms. The van der Waals surface area contributed by atoms with Crippen LogP contribution < -0.4 is 5.32 Å². The van der Waals surface area contributed by atoms with E-state index in [0.717, 1.165) is 6.04 Å². The average Bonchev–Trinajstić information content (AvgIpc) is 2.33. The van der Waals surface area contributed by atoms with Gasteiger partial charge in [0.1, 0.15) is 0 Å². The van der Waals surface area contributed by atoms with Gasteiger partial charge in [-0.1, -0.05) is 13.8 Å². The van der Waals surface area contributed by atoms with Crippen molar-refractivity contribution < 1.29 is 0 Å². The molecule has 3 nitrogen and oxygen atoms in total. The highest BCUT2D eigenvalue weighted by Gasteiger charge is 2.45. The number of piperidine rings is 1. The first-order chi connectivity index (χ1) is 8.20.